The third kappa shape index (κ3) is 3.00. The van der Waals surface area contributed by atoms with Gasteiger partial charge in [0.15, 0.2) is 6.17 Å². The van der Waals surface area contributed by atoms with Gasteiger partial charge in [-0.1, -0.05) is 28.1 Å². The smallest absolute Gasteiger partial charge is 0.267 e. The van der Waals surface area contributed by atoms with Crippen molar-refractivity contribution in [2.75, 3.05) is 13.7 Å². The molecule has 1 N–H and O–H groups in total. The number of hydrogen-bond acceptors (Lipinski definition) is 4. The first kappa shape index (κ1) is 16.5. The number of methoxy groups -OCH3 is 1. The second-order valence-electron chi connectivity index (χ2n) is 5.33. The van der Waals surface area contributed by atoms with Crippen LogP contribution in [0.5, 0.6) is 5.75 Å². The summed E-state index contributed by atoms with van der Waals surface area (Å²) in [5.74, 6) is -0.231. The number of hydrogen-bond donors (Lipinski definition) is 1. The van der Waals surface area contributed by atoms with E-state index in [1.165, 1.54) is 4.90 Å². The van der Waals surface area contributed by atoms with Crippen LogP contribution < -0.4 is 4.74 Å². The third-order valence-corrected chi connectivity index (χ3v) is 4.33. The summed E-state index contributed by atoms with van der Waals surface area (Å²) in [6.45, 7) is -0.182. The first-order valence-electron chi connectivity index (χ1n) is 7.22. The first-order valence-corrected chi connectivity index (χ1v) is 8.02. The predicted octanol–water partition coefficient (Wildman–Crippen LogP) is 2.83. The normalized spacial score (nSPS) is 17.3. The number of carbonyl (C=O) groups is 2. The van der Waals surface area contributed by atoms with Gasteiger partial charge in [0.1, 0.15) is 12.3 Å². The van der Waals surface area contributed by atoms with E-state index in [2.05, 4.69) is 15.9 Å². The molecule has 2 amide bonds. The second kappa shape index (κ2) is 6.62. The molecule has 0 spiro atoms. The molecule has 7 heteroatoms. The van der Waals surface area contributed by atoms with Gasteiger partial charge in [0.05, 0.1) is 7.11 Å². The Morgan fingerprint density at radius 1 is 1.25 bits per heavy atom. The summed E-state index contributed by atoms with van der Waals surface area (Å²) in [4.78, 5) is 26.1. The van der Waals surface area contributed by atoms with Crippen molar-refractivity contribution in [3.05, 3.63) is 64.1 Å². The molecule has 124 valence electrons. The van der Waals surface area contributed by atoms with Gasteiger partial charge < -0.3 is 9.64 Å². The second-order valence-corrected chi connectivity index (χ2v) is 6.24. The van der Waals surface area contributed by atoms with Crippen molar-refractivity contribution in [1.29, 1.82) is 0 Å². The van der Waals surface area contributed by atoms with Gasteiger partial charge in [0.2, 0.25) is 0 Å². The minimum Gasteiger partial charge on any atom is -0.497 e. The van der Waals surface area contributed by atoms with Crippen LogP contribution in [0, 0.1) is 0 Å². The molecule has 2 aromatic carbocycles. The summed E-state index contributed by atoms with van der Waals surface area (Å²) >= 11 is 3.36. The maximum atomic E-state index is 12.8. The molecular formula is C17H15BrN2O4. The van der Waals surface area contributed by atoms with E-state index in [0.717, 1.165) is 4.47 Å². The van der Waals surface area contributed by atoms with Crippen LogP contribution in [0.1, 0.15) is 22.1 Å². The molecule has 1 unspecified atom stereocenters. The number of rotatable bonds is 3. The number of benzene rings is 2. The molecule has 0 aliphatic carbocycles. The maximum absolute atomic E-state index is 12.8. The van der Waals surface area contributed by atoms with Gasteiger partial charge in [-0.05, 0) is 42.0 Å². The first-order chi connectivity index (χ1) is 11.5. The van der Waals surface area contributed by atoms with Gasteiger partial charge in [0.25, 0.3) is 11.8 Å². The van der Waals surface area contributed by atoms with E-state index in [9.17, 15) is 14.8 Å². The highest BCUT2D eigenvalue weighted by Crippen LogP contribution is 2.32. The number of amides is 2. The van der Waals surface area contributed by atoms with E-state index in [1.54, 1.807) is 49.6 Å². The monoisotopic (exact) mass is 390 g/mol. The van der Waals surface area contributed by atoms with E-state index < -0.39 is 12.1 Å². The molecule has 0 saturated carbocycles. The van der Waals surface area contributed by atoms with Crippen molar-refractivity contribution < 1.29 is 19.5 Å². The van der Waals surface area contributed by atoms with Crippen LogP contribution >= 0.6 is 15.9 Å². The summed E-state index contributed by atoms with van der Waals surface area (Å²) in [6.07, 6.45) is -0.857. The van der Waals surface area contributed by atoms with E-state index >= 15 is 0 Å². The van der Waals surface area contributed by atoms with Crippen LogP contribution in [0.4, 0.5) is 0 Å². The molecular weight excluding hydrogens is 376 g/mol. The van der Waals surface area contributed by atoms with Crippen LogP contribution in [-0.4, -0.2) is 40.6 Å². The van der Waals surface area contributed by atoms with Crippen molar-refractivity contribution >= 4 is 27.7 Å². The number of carbonyl (C=O) groups excluding carboxylic acids is 2. The summed E-state index contributed by atoms with van der Waals surface area (Å²) in [5.41, 5.74) is 1.05. The Hall–Kier alpha value is -2.38. The minimum absolute atomic E-state index is 0.182. The van der Waals surface area contributed by atoms with Gasteiger partial charge in [-0.15, -0.1) is 0 Å². The van der Waals surface area contributed by atoms with Crippen LogP contribution in [0.15, 0.2) is 53.0 Å². The van der Waals surface area contributed by atoms with Crippen molar-refractivity contribution in [3.8, 4) is 5.75 Å². The SMILES string of the molecule is COc1ccc(C(=O)N2CC(=O)N(O)C2c2cccc(Br)c2)cc1. The molecule has 0 aromatic heterocycles. The van der Waals surface area contributed by atoms with Crippen molar-refractivity contribution in [2.24, 2.45) is 0 Å². The highest BCUT2D eigenvalue weighted by atomic mass is 79.9. The zero-order valence-corrected chi connectivity index (χ0v) is 14.4. The van der Waals surface area contributed by atoms with E-state index in [4.69, 9.17) is 4.74 Å². The average molecular weight is 391 g/mol. The number of ether oxygens (including phenoxy) is 1. The molecule has 2 aromatic rings. The lowest BCUT2D eigenvalue weighted by Gasteiger charge is -2.26. The zero-order valence-electron chi connectivity index (χ0n) is 12.8. The fourth-order valence-corrected chi connectivity index (χ4v) is 3.06. The van der Waals surface area contributed by atoms with Crippen molar-refractivity contribution in [2.45, 2.75) is 6.17 Å². The number of halogens is 1. The standard InChI is InChI=1S/C17H15BrN2O4/c1-24-14-7-5-11(6-8-14)17(22)19-10-15(21)20(23)16(19)12-3-2-4-13(18)9-12/h2-9,16,23H,10H2,1H3. The molecule has 0 radical (unpaired) electrons. The Kier molecular flexibility index (Phi) is 4.55. The Balaban J connectivity index is 1.94. The van der Waals surface area contributed by atoms with Crippen molar-refractivity contribution in [1.82, 2.24) is 9.96 Å². The molecule has 1 saturated heterocycles. The molecule has 0 bridgehead atoms. The minimum atomic E-state index is -0.857. The van der Waals surface area contributed by atoms with Crippen molar-refractivity contribution in [3.63, 3.8) is 0 Å². The maximum Gasteiger partial charge on any atom is 0.267 e. The summed E-state index contributed by atoms with van der Waals surface area (Å²) < 4.78 is 5.88. The molecule has 1 aliphatic rings. The lowest BCUT2D eigenvalue weighted by Crippen LogP contribution is -2.34. The Labute approximate surface area is 147 Å². The third-order valence-electron chi connectivity index (χ3n) is 3.83. The molecule has 6 nitrogen and oxygen atoms in total. The topological polar surface area (TPSA) is 70.1 Å². The molecule has 1 heterocycles. The molecule has 3 rings (SSSR count). The quantitative estimate of drug-likeness (QED) is 0.818. The lowest BCUT2D eigenvalue weighted by molar-refractivity contribution is -0.168. The fraction of sp³-hybridized carbons (Fsp3) is 0.176. The summed E-state index contributed by atoms with van der Waals surface area (Å²) in [7, 11) is 1.54. The molecule has 24 heavy (non-hydrogen) atoms. The van der Waals surface area contributed by atoms with Gasteiger partial charge >= 0.3 is 0 Å². The predicted molar refractivity (Wildman–Crippen MR) is 89.5 cm³/mol. The fourth-order valence-electron chi connectivity index (χ4n) is 2.64. The summed E-state index contributed by atoms with van der Waals surface area (Å²) in [5, 5.41) is 10.7. The van der Waals surface area contributed by atoms with Gasteiger partial charge in [0, 0.05) is 10.0 Å². The Morgan fingerprint density at radius 2 is 1.96 bits per heavy atom. The van der Waals surface area contributed by atoms with Crippen LogP contribution in [-0.2, 0) is 4.79 Å². The van der Waals surface area contributed by atoms with Crippen LogP contribution in [0.25, 0.3) is 0 Å². The number of nitrogens with zero attached hydrogens (tertiary/aromatic N) is 2. The Morgan fingerprint density at radius 3 is 2.58 bits per heavy atom. The van der Waals surface area contributed by atoms with Gasteiger partial charge in [-0.2, -0.15) is 5.06 Å². The highest BCUT2D eigenvalue weighted by Gasteiger charge is 2.41. The molecule has 1 aliphatic heterocycles. The molecule has 1 atom stereocenters. The zero-order chi connectivity index (χ0) is 17.3. The summed E-state index contributed by atoms with van der Waals surface area (Å²) in [6, 6.07) is 13.7. The Bertz CT molecular complexity index is 778. The number of hydroxylamine groups is 2. The van der Waals surface area contributed by atoms with Crippen LogP contribution in [0.3, 0.4) is 0 Å². The molecule has 1 fully saturated rings. The van der Waals surface area contributed by atoms with E-state index in [-0.39, 0.29) is 12.5 Å². The highest BCUT2D eigenvalue weighted by molar-refractivity contribution is 9.10. The van der Waals surface area contributed by atoms with Gasteiger partial charge in [-0.25, -0.2) is 0 Å². The van der Waals surface area contributed by atoms with E-state index in [0.29, 0.717) is 21.9 Å². The largest absolute Gasteiger partial charge is 0.497 e. The van der Waals surface area contributed by atoms with Gasteiger partial charge in [-0.3, -0.25) is 14.8 Å². The van der Waals surface area contributed by atoms with E-state index in [1.807, 2.05) is 6.07 Å². The lowest BCUT2D eigenvalue weighted by atomic mass is 10.1. The van der Waals surface area contributed by atoms with Crippen LogP contribution in [0.2, 0.25) is 0 Å². The average Bonchev–Trinajstić information content (AvgIpc) is 2.89.